The Morgan fingerprint density at radius 2 is 2.07 bits per heavy atom. The van der Waals surface area contributed by atoms with Crippen LogP contribution in [-0.4, -0.2) is 56.6 Å². The summed E-state index contributed by atoms with van der Waals surface area (Å²) in [6, 6.07) is 5.03. The Morgan fingerprint density at radius 1 is 1.23 bits per heavy atom. The van der Waals surface area contributed by atoms with Gasteiger partial charge in [-0.25, -0.2) is 15.1 Å². The smallest absolute Gasteiger partial charge is 0.422 e. The van der Waals surface area contributed by atoms with Crippen LogP contribution in [0.5, 0.6) is 5.75 Å². The maximum absolute atomic E-state index is 12.9. The summed E-state index contributed by atoms with van der Waals surface area (Å²) in [5, 5.41) is 13.3. The number of rotatable bonds is 5. The third kappa shape index (κ3) is 4.22. The van der Waals surface area contributed by atoms with Gasteiger partial charge in [0, 0.05) is 11.1 Å². The van der Waals surface area contributed by atoms with Gasteiger partial charge in [-0.05, 0) is 28.5 Å². The fraction of sp³-hybridized carbons (Fsp3) is 0.278. The summed E-state index contributed by atoms with van der Waals surface area (Å²) in [7, 11) is 0. The third-order valence-electron chi connectivity index (χ3n) is 4.35. The molecule has 0 unspecified atom stereocenters. The number of hydrogen-bond donors (Lipinski definition) is 2. The average Bonchev–Trinajstić information content (AvgIpc) is 3.27. The Hall–Kier alpha value is -3.54. The molecule has 0 bridgehead atoms. The van der Waals surface area contributed by atoms with E-state index in [4.69, 9.17) is 15.2 Å². The van der Waals surface area contributed by atoms with E-state index in [-0.39, 0.29) is 28.8 Å². The number of halogens is 3. The summed E-state index contributed by atoms with van der Waals surface area (Å²) >= 11 is 0. The molecule has 0 saturated carbocycles. The summed E-state index contributed by atoms with van der Waals surface area (Å²) in [4.78, 5) is 8.50. The molecule has 30 heavy (non-hydrogen) atoms. The Morgan fingerprint density at radius 3 is 2.77 bits per heavy atom. The topological polar surface area (TPSA) is 125 Å². The van der Waals surface area contributed by atoms with Gasteiger partial charge in [0.05, 0.1) is 25.1 Å². The highest BCUT2D eigenvalue weighted by atomic mass is 19.4. The lowest BCUT2D eigenvalue weighted by molar-refractivity contribution is -0.153. The lowest BCUT2D eigenvalue weighted by Crippen LogP contribution is -2.20. The number of benzene rings is 1. The van der Waals surface area contributed by atoms with Crippen molar-refractivity contribution in [1.82, 2.24) is 30.6 Å². The highest BCUT2D eigenvalue weighted by molar-refractivity contribution is 5.81. The van der Waals surface area contributed by atoms with Crippen LogP contribution in [0.4, 0.5) is 19.0 Å². The number of anilines is 1. The molecule has 12 heteroatoms. The van der Waals surface area contributed by atoms with Gasteiger partial charge in [0.25, 0.3) is 0 Å². The monoisotopic (exact) mass is 419 g/mol. The van der Waals surface area contributed by atoms with Crippen LogP contribution < -0.4 is 10.5 Å². The maximum atomic E-state index is 12.9. The van der Waals surface area contributed by atoms with E-state index in [1.165, 1.54) is 6.20 Å². The van der Waals surface area contributed by atoms with Crippen LogP contribution >= 0.6 is 0 Å². The summed E-state index contributed by atoms with van der Waals surface area (Å²) < 4.78 is 49.3. The Bertz CT molecular complexity index is 1070. The molecule has 0 aliphatic carbocycles. The molecule has 156 valence electrons. The van der Waals surface area contributed by atoms with Gasteiger partial charge in [0.2, 0.25) is 5.82 Å². The SMILES string of the molecule is Nc1ncc(-c2cccc(C3=CCOCC3)c2OCC(F)(F)F)nc1-c1nnn[nH]1. The second kappa shape index (κ2) is 8.06. The van der Waals surface area contributed by atoms with Crippen molar-refractivity contribution in [3.8, 4) is 28.5 Å². The number of aromatic amines is 1. The number of nitrogens with one attached hydrogen (secondary N) is 1. The first-order chi connectivity index (χ1) is 14.4. The van der Waals surface area contributed by atoms with Crippen LogP contribution in [0.15, 0.2) is 30.5 Å². The second-order valence-corrected chi connectivity index (χ2v) is 6.38. The molecule has 0 spiro atoms. The van der Waals surface area contributed by atoms with Gasteiger partial charge in [-0.15, -0.1) is 5.10 Å². The zero-order valence-corrected chi connectivity index (χ0v) is 15.5. The van der Waals surface area contributed by atoms with Crippen LogP contribution in [0.25, 0.3) is 28.3 Å². The predicted octanol–water partition coefficient (Wildman–Crippen LogP) is 2.65. The number of nitrogen functional groups attached to an aromatic ring is 1. The van der Waals surface area contributed by atoms with E-state index in [2.05, 4.69) is 30.6 Å². The first-order valence-electron chi connectivity index (χ1n) is 8.89. The van der Waals surface area contributed by atoms with E-state index in [0.717, 1.165) is 5.57 Å². The van der Waals surface area contributed by atoms with Gasteiger partial charge in [-0.2, -0.15) is 13.2 Å². The summed E-state index contributed by atoms with van der Waals surface area (Å²) in [5.74, 6) is 0.310. The molecule has 4 rings (SSSR count). The molecule has 0 atom stereocenters. The largest absolute Gasteiger partial charge is 0.483 e. The van der Waals surface area contributed by atoms with E-state index in [0.29, 0.717) is 30.8 Å². The number of ether oxygens (including phenoxy) is 2. The lowest BCUT2D eigenvalue weighted by atomic mass is 9.97. The average molecular weight is 419 g/mol. The number of para-hydroxylation sites is 1. The number of tetrazole rings is 1. The summed E-state index contributed by atoms with van der Waals surface area (Å²) in [6.45, 7) is -0.593. The molecule has 0 amide bonds. The van der Waals surface area contributed by atoms with Gasteiger partial charge in [-0.1, -0.05) is 18.2 Å². The molecule has 0 saturated heterocycles. The van der Waals surface area contributed by atoms with Gasteiger partial charge in [0.1, 0.15) is 5.75 Å². The quantitative estimate of drug-likeness (QED) is 0.647. The fourth-order valence-electron chi connectivity index (χ4n) is 3.03. The number of nitrogens with zero attached hydrogens (tertiary/aromatic N) is 5. The molecule has 3 heterocycles. The minimum Gasteiger partial charge on any atom is -0.483 e. The van der Waals surface area contributed by atoms with Crippen molar-refractivity contribution in [1.29, 1.82) is 0 Å². The molecule has 3 aromatic rings. The van der Waals surface area contributed by atoms with Crippen LogP contribution in [0, 0.1) is 0 Å². The highest BCUT2D eigenvalue weighted by Crippen LogP contribution is 2.39. The van der Waals surface area contributed by atoms with Gasteiger partial charge in [-0.3, -0.25) is 0 Å². The van der Waals surface area contributed by atoms with Crippen LogP contribution in [0.1, 0.15) is 12.0 Å². The molecule has 1 aliphatic heterocycles. The van der Waals surface area contributed by atoms with E-state index < -0.39 is 12.8 Å². The molecule has 3 N–H and O–H groups in total. The van der Waals surface area contributed by atoms with Crippen LogP contribution in [0.2, 0.25) is 0 Å². The zero-order chi connectivity index (χ0) is 21.1. The number of aromatic nitrogens is 6. The maximum Gasteiger partial charge on any atom is 0.422 e. The summed E-state index contributed by atoms with van der Waals surface area (Å²) in [6.07, 6.45) is -0.768. The molecule has 0 radical (unpaired) electrons. The molecule has 0 fully saturated rings. The van der Waals surface area contributed by atoms with Crippen molar-refractivity contribution >= 4 is 11.4 Å². The van der Waals surface area contributed by atoms with Crippen molar-refractivity contribution in [2.24, 2.45) is 0 Å². The number of H-pyrrole nitrogens is 1. The first-order valence-corrected chi connectivity index (χ1v) is 8.89. The van der Waals surface area contributed by atoms with Crippen molar-refractivity contribution in [2.45, 2.75) is 12.6 Å². The van der Waals surface area contributed by atoms with E-state index in [9.17, 15) is 13.2 Å². The van der Waals surface area contributed by atoms with Crippen LogP contribution in [0.3, 0.4) is 0 Å². The van der Waals surface area contributed by atoms with Crippen molar-refractivity contribution in [3.05, 3.63) is 36.0 Å². The first kappa shape index (κ1) is 19.8. The van der Waals surface area contributed by atoms with E-state index in [1.807, 2.05) is 6.08 Å². The Labute approximate surface area is 168 Å². The third-order valence-corrected chi connectivity index (χ3v) is 4.35. The normalized spacial score (nSPS) is 14.4. The number of hydrogen-bond acceptors (Lipinski definition) is 8. The number of alkyl halides is 3. The Balaban J connectivity index is 1.83. The van der Waals surface area contributed by atoms with Crippen LogP contribution in [-0.2, 0) is 4.74 Å². The second-order valence-electron chi connectivity index (χ2n) is 6.38. The highest BCUT2D eigenvalue weighted by Gasteiger charge is 2.30. The molecule has 1 aliphatic rings. The van der Waals surface area contributed by atoms with E-state index >= 15 is 0 Å². The minimum atomic E-state index is -4.50. The van der Waals surface area contributed by atoms with Crippen molar-refractivity contribution in [3.63, 3.8) is 0 Å². The molecule has 1 aromatic carbocycles. The molecular formula is C18H16F3N7O2. The Kier molecular flexibility index (Phi) is 5.31. The van der Waals surface area contributed by atoms with Gasteiger partial charge in [0.15, 0.2) is 18.1 Å². The molecular weight excluding hydrogens is 403 g/mol. The van der Waals surface area contributed by atoms with Crippen molar-refractivity contribution in [2.75, 3.05) is 25.6 Å². The van der Waals surface area contributed by atoms with Gasteiger partial charge >= 0.3 is 6.18 Å². The van der Waals surface area contributed by atoms with Crippen molar-refractivity contribution < 1.29 is 22.6 Å². The zero-order valence-electron chi connectivity index (χ0n) is 15.5. The fourth-order valence-corrected chi connectivity index (χ4v) is 3.03. The molecule has 2 aromatic heterocycles. The minimum absolute atomic E-state index is 0.0590. The predicted molar refractivity (Wildman–Crippen MR) is 100 cm³/mol. The standard InChI is InChI=1S/C18H16F3N7O2/c19-18(20,21)9-30-15-11(10-4-6-29-7-5-10)2-1-3-12(15)13-8-23-16(22)14(24-13)17-25-27-28-26-17/h1-4,8H,5-7,9H2,(H2,22,23)(H,25,26,27,28). The lowest BCUT2D eigenvalue weighted by Gasteiger charge is -2.20. The van der Waals surface area contributed by atoms with E-state index in [1.54, 1.807) is 18.2 Å². The molecule has 9 nitrogen and oxygen atoms in total. The summed E-state index contributed by atoms with van der Waals surface area (Å²) in [5.41, 5.74) is 8.03. The van der Waals surface area contributed by atoms with Gasteiger partial charge < -0.3 is 15.2 Å². The number of nitrogens with two attached hydrogens (primary N) is 1.